The van der Waals surface area contributed by atoms with Crippen molar-refractivity contribution in [2.45, 2.75) is 4.90 Å². The van der Waals surface area contributed by atoms with E-state index in [0.717, 1.165) is 12.3 Å². The lowest BCUT2D eigenvalue weighted by atomic mass is 10.4. The van der Waals surface area contributed by atoms with Gasteiger partial charge in [0.25, 0.3) is 0 Å². The van der Waals surface area contributed by atoms with Crippen LogP contribution < -0.4 is 0 Å². The summed E-state index contributed by atoms with van der Waals surface area (Å²) in [5.74, 6) is -0.364. The molecule has 9 heteroatoms. The van der Waals surface area contributed by atoms with Crippen LogP contribution in [0.3, 0.4) is 0 Å². The zero-order valence-corrected chi connectivity index (χ0v) is 11.2. The van der Waals surface area contributed by atoms with Crippen molar-refractivity contribution in [3.8, 4) is 0 Å². The summed E-state index contributed by atoms with van der Waals surface area (Å²) in [5.41, 5.74) is 0. The van der Waals surface area contributed by atoms with Crippen LogP contribution in [0.4, 0.5) is 5.82 Å². The molecule has 0 bridgehead atoms. The number of likely N-dealkylation sites (N-methyl/N-ethyl adjacent to an activating group) is 1. The number of aromatic nitrogens is 1. The molecule has 8 nitrogen and oxygen atoms in total. The lowest BCUT2D eigenvalue weighted by molar-refractivity contribution is -0.389. The Morgan fingerprint density at radius 2 is 1.89 bits per heavy atom. The Bertz CT molecular complexity index is 564. The average molecular weight is 286 g/mol. The Balaban J connectivity index is 2.22. The average Bonchev–Trinajstić information content (AvgIpc) is 2.39. The Labute approximate surface area is 110 Å². The monoisotopic (exact) mass is 286 g/mol. The highest BCUT2D eigenvalue weighted by Crippen LogP contribution is 2.18. The molecule has 1 fully saturated rings. The molecule has 2 heterocycles. The summed E-state index contributed by atoms with van der Waals surface area (Å²) in [7, 11) is -1.68. The summed E-state index contributed by atoms with van der Waals surface area (Å²) in [6.45, 7) is 2.16. The molecule has 1 aliphatic heterocycles. The lowest BCUT2D eigenvalue weighted by Gasteiger charge is -2.31. The van der Waals surface area contributed by atoms with Crippen molar-refractivity contribution in [2.24, 2.45) is 0 Å². The molecule has 0 aromatic carbocycles. The van der Waals surface area contributed by atoms with Gasteiger partial charge in [0.05, 0.1) is 0 Å². The molecule has 0 spiro atoms. The van der Waals surface area contributed by atoms with Crippen LogP contribution in [0.1, 0.15) is 0 Å². The Hall–Kier alpha value is -1.58. The van der Waals surface area contributed by atoms with Crippen LogP contribution in [0, 0.1) is 10.1 Å². The Kier molecular flexibility index (Phi) is 3.78. The van der Waals surface area contributed by atoms with E-state index in [1.54, 1.807) is 0 Å². The van der Waals surface area contributed by atoms with E-state index < -0.39 is 14.9 Å². The van der Waals surface area contributed by atoms with Gasteiger partial charge < -0.3 is 15.0 Å². The van der Waals surface area contributed by atoms with Gasteiger partial charge in [-0.2, -0.15) is 4.31 Å². The van der Waals surface area contributed by atoms with E-state index in [1.165, 1.54) is 10.4 Å². The summed E-state index contributed by atoms with van der Waals surface area (Å²) in [5, 5.41) is 10.5. The molecule has 0 amide bonds. The van der Waals surface area contributed by atoms with Gasteiger partial charge in [-0.05, 0) is 23.0 Å². The van der Waals surface area contributed by atoms with E-state index in [0.29, 0.717) is 26.2 Å². The Morgan fingerprint density at radius 1 is 1.26 bits per heavy atom. The van der Waals surface area contributed by atoms with E-state index in [1.807, 2.05) is 11.9 Å². The first-order valence-electron chi connectivity index (χ1n) is 5.70. The molecule has 1 aliphatic rings. The van der Waals surface area contributed by atoms with Crippen LogP contribution in [0.2, 0.25) is 0 Å². The summed E-state index contributed by atoms with van der Waals surface area (Å²) in [4.78, 5) is 15.4. The predicted octanol–water partition coefficient (Wildman–Crippen LogP) is -0.0741. The molecule has 0 atom stereocenters. The number of nitro groups is 1. The molecule has 0 N–H and O–H groups in total. The molecule has 1 saturated heterocycles. The predicted molar refractivity (Wildman–Crippen MR) is 67.1 cm³/mol. The largest absolute Gasteiger partial charge is 0.363 e. The van der Waals surface area contributed by atoms with E-state index in [9.17, 15) is 18.5 Å². The van der Waals surface area contributed by atoms with Gasteiger partial charge in [-0.25, -0.2) is 8.42 Å². The van der Waals surface area contributed by atoms with Crippen molar-refractivity contribution in [1.82, 2.24) is 14.2 Å². The molecule has 0 radical (unpaired) electrons. The smallest absolute Gasteiger partial charge is 0.358 e. The van der Waals surface area contributed by atoms with Gasteiger partial charge in [0.15, 0.2) is 6.20 Å². The van der Waals surface area contributed by atoms with Gasteiger partial charge in [-0.1, -0.05) is 0 Å². The van der Waals surface area contributed by atoms with Crippen LogP contribution in [0.25, 0.3) is 0 Å². The van der Waals surface area contributed by atoms with Crippen LogP contribution in [0.15, 0.2) is 23.2 Å². The van der Waals surface area contributed by atoms with Crippen molar-refractivity contribution in [3.63, 3.8) is 0 Å². The second-order valence-electron chi connectivity index (χ2n) is 4.32. The maximum absolute atomic E-state index is 12.3. The summed E-state index contributed by atoms with van der Waals surface area (Å²) < 4.78 is 25.9. The number of piperazine rings is 1. The maximum atomic E-state index is 12.3. The summed E-state index contributed by atoms with van der Waals surface area (Å²) in [6, 6.07) is 2.32. The van der Waals surface area contributed by atoms with E-state index in [4.69, 9.17) is 0 Å². The number of pyridine rings is 1. The number of hydrogen-bond acceptors (Lipinski definition) is 6. The first kappa shape index (κ1) is 13.8. The van der Waals surface area contributed by atoms with Crippen LogP contribution >= 0.6 is 0 Å². The standard InChI is InChI=1S/C10H14N4O4S/c1-12-4-6-13(7-5-12)19(17,18)9-2-3-10(11-8-9)14(15)16/h2-3,8H,4-7H2,1H3. The van der Waals surface area contributed by atoms with Gasteiger partial charge in [-0.15, -0.1) is 0 Å². The molecule has 1 aromatic rings. The minimum absolute atomic E-state index is 0.0114. The molecule has 0 unspecified atom stereocenters. The molecular formula is C10H14N4O4S. The number of nitrogens with zero attached hydrogens (tertiary/aromatic N) is 4. The highest BCUT2D eigenvalue weighted by Gasteiger charge is 2.28. The fourth-order valence-corrected chi connectivity index (χ4v) is 3.18. The van der Waals surface area contributed by atoms with Crippen molar-refractivity contribution in [3.05, 3.63) is 28.4 Å². The van der Waals surface area contributed by atoms with Crippen molar-refractivity contribution >= 4 is 15.8 Å². The third-order valence-electron chi connectivity index (χ3n) is 3.01. The minimum atomic E-state index is -3.61. The molecule has 104 valence electrons. The maximum Gasteiger partial charge on any atom is 0.363 e. The van der Waals surface area contributed by atoms with Gasteiger partial charge in [0.1, 0.15) is 4.90 Å². The zero-order chi connectivity index (χ0) is 14.0. The lowest BCUT2D eigenvalue weighted by Crippen LogP contribution is -2.47. The molecule has 2 rings (SSSR count). The van der Waals surface area contributed by atoms with Crippen molar-refractivity contribution in [1.29, 1.82) is 0 Å². The fraction of sp³-hybridized carbons (Fsp3) is 0.500. The number of rotatable bonds is 3. The van der Waals surface area contributed by atoms with Gasteiger partial charge >= 0.3 is 5.82 Å². The zero-order valence-electron chi connectivity index (χ0n) is 10.4. The highest BCUT2D eigenvalue weighted by atomic mass is 32.2. The summed E-state index contributed by atoms with van der Waals surface area (Å²) >= 11 is 0. The van der Waals surface area contributed by atoms with Gasteiger partial charge in [0, 0.05) is 32.2 Å². The highest BCUT2D eigenvalue weighted by molar-refractivity contribution is 7.89. The number of hydrogen-bond donors (Lipinski definition) is 0. The third kappa shape index (κ3) is 2.88. The second kappa shape index (κ2) is 5.19. The van der Waals surface area contributed by atoms with E-state index in [2.05, 4.69) is 4.98 Å². The normalized spacial score (nSPS) is 18.4. The van der Waals surface area contributed by atoms with Crippen molar-refractivity contribution in [2.75, 3.05) is 33.2 Å². The Morgan fingerprint density at radius 3 is 2.37 bits per heavy atom. The van der Waals surface area contributed by atoms with Crippen LogP contribution in [-0.4, -0.2) is 60.8 Å². The minimum Gasteiger partial charge on any atom is -0.358 e. The van der Waals surface area contributed by atoms with Gasteiger partial charge in [-0.3, -0.25) is 0 Å². The van der Waals surface area contributed by atoms with Crippen LogP contribution in [0.5, 0.6) is 0 Å². The molecule has 0 aliphatic carbocycles. The second-order valence-corrected chi connectivity index (χ2v) is 6.25. The first-order chi connectivity index (χ1) is 8.91. The number of sulfonamides is 1. The van der Waals surface area contributed by atoms with Crippen LogP contribution in [-0.2, 0) is 10.0 Å². The molecular weight excluding hydrogens is 272 g/mol. The van der Waals surface area contributed by atoms with E-state index >= 15 is 0 Å². The molecule has 0 saturated carbocycles. The third-order valence-corrected chi connectivity index (χ3v) is 4.89. The summed E-state index contributed by atoms with van der Waals surface area (Å²) in [6.07, 6.45) is 1.03. The SMILES string of the molecule is CN1CCN(S(=O)(=O)c2ccc([N+](=O)[O-])nc2)CC1. The van der Waals surface area contributed by atoms with E-state index in [-0.39, 0.29) is 10.7 Å². The van der Waals surface area contributed by atoms with Gasteiger partial charge in [0.2, 0.25) is 10.0 Å². The molecule has 19 heavy (non-hydrogen) atoms. The molecule has 1 aromatic heterocycles. The topological polar surface area (TPSA) is 96.7 Å². The quantitative estimate of drug-likeness (QED) is 0.570. The first-order valence-corrected chi connectivity index (χ1v) is 7.14. The fourth-order valence-electron chi connectivity index (χ4n) is 1.81. The van der Waals surface area contributed by atoms with Crippen molar-refractivity contribution < 1.29 is 13.3 Å².